The number of phenols is 1. The van der Waals surface area contributed by atoms with Crippen LogP contribution in [0.1, 0.15) is 10.4 Å². The Kier molecular flexibility index (Phi) is 6.04. The fourth-order valence-corrected chi connectivity index (χ4v) is 3.12. The topological polar surface area (TPSA) is 89.1 Å². The van der Waals surface area contributed by atoms with Crippen LogP contribution < -0.4 is 24.8 Å². The Morgan fingerprint density at radius 3 is 2.28 bits per heavy atom. The van der Waals surface area contributed by atoms with Crippen molar-refractivity contribution in [3.8, 4) is 23.0 Å². The molecular formula is C21H20N2O5S. The van der Waals surface area contributed by atoms with Gasteiger partial charge in [0.25, 0.3) is 5.91 Å². The quantitative estimate of drug-likeness (QED) is 0.551. The highest BCUT2D eigenvalue weighted by atomic mass is 32.1. The number of hydrogen-bond acceptors (Lipinski definition) is 6. The summed E-state index contributed by atoms with van der Waals surface area (Å²) < 4.78 is 15.8. The lowest BCUT2D eigenvalue weighted by Gasteiger charge is -2.15. The number of rotatable bonds is 5. The fraction of sp³-hybridized carbons (Fsp3) is 0.143. The van der Waals surface area contributed by atoms with Crippen LogP contribution in [0.4, 0.5) is 5.69 Å². The summed E-state index contributed by atoms with van der Waals surface area (Å²) in [7, 11) is 4.44. The lowest BCUT2D eigenvalue weighted by atomic mass is 10.1. The Morgan fingerprint density at radius 1 is 0.966 bits per heavy atom. The highest BCUT2D eigenvalue weighted by molar-refractivity contribution is 7.80. The summed E-state index contributed by atoms with van der Waals surface area (Å²) in [6.45, 7) is 0. The molecule has 0 radical (unpaired) electrons. The van der Waals surface area contributed by atoms with Gasteiger partial charge in [-0.1, -0.05) is 12.1 Å². The van der Waals surface area contributed by atoms with Gasteiger partial charge in [-0.25, -0.2) is 0 Å². The molecule has 0 aliphatic carbocycles. The van der Waals surface area contributed by atoms with Gasteiger partial charge in [-0.3, -0.25) is 10.1 Å². The Morgan fingerprint density at radius 2 is 1.66 bits per heavy atom. The number of phenolic OH excluding ortho intramolecular Hbond substituents is 1. The normalized spacial score (nSPS) is 10.3. The fourth-order valence-electron chi connectivity index (χ4n) is 2.92. The number of ether oxygens (including phenoxy) is 3. The van der Waals surface area contributed by atoms with Gasteiger partial charge in [-0.2, -0.15) is 0 Å². The van der Waals surface area contributed by atoms with Crippen LogP contribution in [0.25, 0.3) is 10.8 Å². The number of amides is 1. The molecule has 8 heteroatoms. The zero-order valence-corrected chi connectivity index (χ0v) is 16.9. The van der Waals surface area contributed by atoms with Gasteiger partial charge in [0.1, 0.15) is 5.75 Å². The number of benzene rings is 3. The Balaban J connectivity index is 1.80. The van der Waals surface area contributed by atoms with E-state index in [1.807, 2.05) is 18.2 Å². The first-order valence-electron chi connectivity index (χ1n) is 8.61. The summed E-state index contributed by atoms with van der Waals surface area (Å²) in [6.07, 6.45) is 0. The van der Waals surface area contributed by atoms with Crippen LogP contribution in [-0.2, 0) is 0 Å². The molecule has 29 heavy (non-hydrogen) atoms. The minimum absolute atomic E-state index is 0.129. The van der Waals surface area contributed by atoms with Crippen LogP contribution in [0.5, 0.6) is 23.0 Å². The molecule has 3 N–H and O–H groups in total. The average molecular weight is 412 g/mol. The molecule has 0 spiro atoms. The summed E-state index contributed by atoms with van der Waals surface area (Å²) in [5.74, 6) is 0.869. The summed E-state index contributed by atoms with van der Waals surface area (Å²) >= 11 is 5.29. The monoisotopic (exact) mass is 412 g/mol. The molecule has 0 saturated heterocycles. The molecule has 0 unspecified atom stereocenters. The summed E-state index contributed by atoms with van der Waals surface area (Å²) in [5.41, 5.74) is 1.00. The van der Waals surface area contributed by atoms with Crippen molar-refractivity contribution in [1.29, 1.82) is 0 Å². The molecule has 0 heterocycles. The second-order valence-electron chi connectivity index (χ2n) is 6.03. The van der Waals surface area contributed by atoms with E-state index >= 15 is 0 Å². The number of hydrogen-bond donors (Lipinski definition) is 3. The number of nitrogens with one attached hydrogen (secondary N) is 2. The second kappa shape index (κ2) is 8.66. The molecule has 3 aromatic rings. The van der Waals surface area contributed by atoms with Gasteiger partial charge in [0.2, 0.25) is 5.75 Å². The van der Waals surface area contributed by atoms with Gasteiger partial charge in [0, 0.05) is 16.6 Å². The van der Waals surface area contributed by atoms with E-state index < -0.39 is 5.91 Å². The first-order valence-corrected chi connectivity index (χ1v) is 9.01. The summed E-state index contributed by atoms with van der Waals surface area (Å²) in [5, 5.41) is 17.1. The van der Waals surface area contributed by atoms with Crippen molar-refractivity contribution in [2.45, 2.75) is 0 Å². The van der Waals surface area contributed by atoms with Gasteiger partial charge >= 0.3 is 0 Å². The highest BCUT2D eigenvalue weighted by Crippen LogP contribution is 2.38. The molecular weight excluding hydrogens is 392 g/mol. The van der Waals surface area contributed by atoms with Crippen molar-refractivity contribution < 1.29 is 24.1 Å². The number of carbonyl (C=O) groups is 1. The highest BCUT2D eigenvalue weighted by Gasteiger charge is 2.18. The lowest BCUT2D eigenvalue weighted by molar-refractivity contribution is 0.0977. The van der Waals surface area contributed by atoms with Crippen LogP contribution in [0.3, 0.4) is 0 Å². The van der Waals surface area contributed by atoms with Crippen molar-refractivity contribution in [3.63, 3.8) is 0 Å². The molecule has 1 amide bonds. The molecule has 0 saturated carbocycles. The van der Waals surface area contributed by atoms with E-state index in [0.29, 0.717) is 28.5 Å². The van der Waals surface area contributed by atoms with Crippen molar-refractivity contribution >= 4 is 39.7 Å². The molecule has 0 aromatic heterocycles. The van der Waals surface area contributed by atoms with Crippen LogP contribution in [0, 0.1) is 0 Å². The van der Waals surface area contributed by atoms with Crippen LogP contribution >= 0.6 is 12.2 Å². The largest absolute Gasteiger partial charge is 0.508 e. The lowest BCUT2D eigenvalue weighted by Crippen LogP contribution is -2.34. The Hall–Kier alpha value is -3.52. The smallest absolute Gasteiger partial charge is 0.257 e. The van der Waals surface area contributed by atoms with Crippen molar-refractivity contribution in [2.75, 3.05) is 26.6 Å². The first-order chi connectivity index (χ1) is 14.0. The van der Waals surface area contributed by atoms with Gasteiger partial charge in [0.15, 0.2) is 16.6 Å². The first kappa shape index (κ1) is 20.2. The van der Waals surface area contributed by atoms with E-state index in [9.17, 15) is 9.90 Å². The van der Waals surface area contributed by atoms with Gasteiger partial charge in [-0.05, 0) is 54.0 Å². The Bertz CT molecular complexity index is 1060. The van der Waals surface area contributed by atoms with E-state index in [1.54, 1.807) is 30.3 Å². The number of thiocarbonyl (C=S) groups is 1. The van der Waals surface area contributed by atoms with E-state index in [0.717, 1.165) is 10.8 Å². The van der Waals surface area contributed by atoms with E-state index in [-0.39, 0.29) is 10.9 Å². The maximum atomic E-state index is 12.7. The Labute approximate surface area is 173 Å². The van der Waals surface area contributed by atoms with Crippen LogP contribution in [0.15, 0.2) is 48.5 Å². The predicted molar refractivity (Wildman–Crippen MR) is 115 cm³/mol. The third-order valence-corrected chi connectivity index (χ3v) is 4.47. The molecule has 150 valence electrons. The minimum Gasteiger partial charge on any atom is -0.508 e. The molecule has 0 aliphatic heterocycles. The number of carbonyl (C=O) groups excluding carboxylic acids is 1. The van der Waals surface area contributed by atoms with Gasteiger partial charge in [-0.15, -0.1) is 0 Å². The maximum absolute atomic E-state index is 12.7. The number of anilines is 1. The van der Waals surface area contributed by atoms with Gasteiger partial charge < -0.3 is 24.6 Å². The average Bonchev–Trinajstić information content (AvgIpc) is 2.72. The van der Waals surface area contributed by atoms with Gasteiger partial charge in [0.05, 0.1) is 21.3 Å². The van der Waals surface area contributed by atoms with Crippen LogP contribution in [0.2, 0.25) is 0 Å². The molecule has 0 aliphatic rings. The van der Waals surface area contributed by atoms with Crippen molar-refractivity contribution in [2.24, 2.45) is 0 Å². The molecule has 3 rings (SSSR count). The van der Waals surface area contributed by atoms with E-state index in [1.165, 1.54) is 21.3 Å². The maximum Gasteiger partial charge on any atom is 0.257 e. The standard InChI is InChI=1S/C21H20N2O5S/c1-26-17-10-13(11-18(27-2)19(17)28-3)20(25)23-21(29)22-16-6-4-5-12-9-14(24)7-8-15(12)16/h4-11,24H,1-3H3,(H2,22,23,25,29). The number of aromatic hydroxyl groups is 1. The van der Waals surface area contributed by atoms with E-state index in [4.69, 9.17) is 26.4 Å². The molecule has 7 nitrogen and oxygen atoms in total. The number of methoxy groups -OCH3 is 3. The molecule has 0 bridgehead atoms. The summed E-state index contributed by atoms with van der Waals surface area (Å²) in [4.78, 5) is 12.7. The van der Waals surface area contributed by atoms with Crippen molar-refractivity contribution in [1.82, 2.24) is 5.32 Å². The third kappa shape index (κ3) is 4.33. The predicted octanol–water partition coefficient (Wildman–Crippen LogP) is 3.70. The molecule has 0 fully saturated rings. The zero-order chi connectivity index (χ0) is 21.0. The van der Waals surface area contributed by atoms with E-state index in [2.05, 4.69) is 10.6 Å². The third-order valence-electron chi connectivity index (χ3n) is 4.27. The SMILES string of the molecule is COc1cc(C(=O)NC(=S)Nc2cccc3cc(O)ccc23)cc(OC)c1OC. The molecule has 3 aromatic carbocycles. The zero-order valence-electron chi connectivity index (χ0n) is 16.1. The number of fused-ring (bicyclic) bond motifs is 1. The van der Waals surface area contributed by atoms with Crippen LogP contribution in [-0.4, -0.2) is 37.5 Å². The second-order valence-corrected chi connectivity index (χ2v) is 6.44. The molecule has 0 atom stereocenters. The minimum atomic E-state index is -0.431. The summed E-state index contributed by atoms with van der Waals surface area (Å²) in [6, 6.07) is 13.6. The van der Waals surface area contributed by atoms with Crippen molar-refractivity contribution in [3.05, 3.63) is 54.1 Å².